The summed E-state index contributed by atoms with van der Waals surface area (Å²) in [5.74, 6) is 0. The van der Waals surface area contributed by atoms with Gasteiger partial charge in [-0.05, 0) is 74.5 Å². The number of pyridine rings is 1. The fraction of sp³-hybridized carbons (Fsp3) is 0.467. The van der Waals surface area contributed by atoms with E-state index in [0.29, 0.717) is 30.1 Å². The molecule has 0 radical (unpaired) electrons. The van der Waals surface area contributed by atoms with Crippen molar-refractivity contribution in [3.8, 4) is 0 Å². The summed E-state index contributed by atoms with van der Waals surface area (Å²) in [4.78, 5) is 27.8. The Morgan fingerprint density at radius 3 is 2.51 bits per heavy atom. The highest BCUT2D eigenvalue weighted by Crippen LogP contribution is 2.40. The second-order valence-electron chi connectivity index (χ2n) is 12.7. The highest BCUT2D eigenvalue weighted by Gasteiger charge is 2.48. The number of aromatic nitrogens is 1. The van der Waals surface area contributed by atoms with Crippen LogP contribution in [0.15, 0.2) is 53.5 Å². The number of nitrogens with one attached hydrogen (secondary N) is 1. The molecule has 0 unspecified atom stereocenters. The van der Waals surface area contributed by atoms with Crippen LogP contribution < -0.4 is 10.9 Å². The van der Waals surface area contributed by atoms with Crippen LogP contribution in [-0.2, 0) is 21.7 Å². The van der Waals surface area contributed by atoms with Crippen molar-refractivity contribution in [1.29, 1.82) is 0 Å². The molecule has 2 aromatic carbocycles. The van der Waals surface area contributed by atoms with E-state index in [1.807, 2.05) is 70.2 Å². The summed E-state index contributed by atoms with van der Waals surface area (Å²) in [5.41, 5.74) is 1.50. The Labute approximate surface area is 237 Å². The summed E-state index contributed by atoms with van der Waals surface area (Å²) >= 11 is 6.50. The quantitative estimate of drug-likeness (QED) is 0.238. The fourth-order valence-electron chi connectivity index (χ4n) is 4.78. The lowest BCUT2D eigenvalue weighted by atomic mass is 9.80. The van der Waals surface area contributed by atoms with Crippen molar-refractivity contribution in [3.63, 3.8) is 0 Å². The molecule has 9 heteroatoms. The molecule has 39 heavy (non-hydrogen) atoms. The van der Waals surface area contributed by atoms with Crippen LogP contribution in [0.3, 0.4) is 0 Å². The average molecular weight is 570 g/mol. The van der Waals surface area contributed by atoms with E-state index in [-0.39, 0.29) is 18.4 Å². The number of rotatable bonds is 8. The molecule has 1 aliphatic heterocycles. The van der Waals surface area contributed by atoms with Crippen molar-refractivity contribution < 1.29 is 14.3 Å². The maximum Gasteiger partial charge on any atom is 0.410 e. The Kier molecular flexibility index (Phi) is 8.22. The molecule has 1 aliphatic rings. The zero-order chi connectivity index (χ0) is 28.6. The minimum absolute atomic E-state index is 0.0962. The van der Waals surface area contributed by atoms with Gasteiger partial charge in [-0.2, -0.15) is 0 Å². The smallest absolute Gasteiger partial charge is 0.410 e. The van der Waals surface area contributed by atoms with Crippen molar-refractivity contribution >= 4 is 42.2 Å². The monoisotopic (exact) mass is 569 g/mol. The van der Waals surface area contributed by atoms with Gasteiger partial charge in [0.05, 0.1) is 18.6 Å². The largest absolute Gasteiger partial charge is 0.444 e. The Morgan fingerprint density at radius 1 is 1.13 bits per heavy atom. The molecule has 1 N–H and O–H groups in total. The van der Waals surface area contributed by atoms with E-state index in [0.717, 1.165) is 28.2 Å². The van der Waals surface area contributed by atoms with Crippen molar-refractivity contribution in [2.45, 2.75) is 71.3 Å². The zero-order valence-electron chi connectivity index (χ0n) is 24.1. The van der Waals surface area contributed by atoms with Gasteiger partial charge in [0, 0.05) is 37.0 Å². The minimum atomic E-state index is -1.20. The number of carbonyl (C=O) groups excluding carboxylic acids is 1. The zero-order valence-corrected chi connectivity index (χ0v) is 25.8. The first-order chi connectivity index (χ1) is 18.2. The van der Waals surface area contributed by atoms with E-state index < -0.39 is 19.2 Å². The van der Waals surface area contributed by atoms with Crippen molar-refractivity contribution in [1.82, 2.24) is 9.47 Å². The second kappa shape index (κ2) is 11.0. The van der Waals surface area contributed by atoms with E-state index >= 15 is 0 Å². The van der Waals surface area contributed by atoms with Crippen LogP contribution in [0.5, 0.6) is 0 Å². The Balaban J connectivity index is 1.61. The Bertz CT molecular complexity index is 1420. The third-order valence-corrected chi connectivity index (χ3v) is 9.06. The molecule has 0 aliphatic carbocycles. The number of hydrogen-bond donors (Lipinski definition) is 1. The molecular weight excluding hydrogens is 530 g/mol. The third-order valence-electron chi connectivity index (χ3n) is 6.95. The van der Waals surface area contributed by atoms with Crippen LogP contribution in [0.1, 0.15) is 31.9 Å². The van der Waals surface area contributed by atoms with E-state index in [4.69, 9.17) is 21.1 Å². The van der Waals surface area contributed by atoms with E-state index in [2.05, 4.69) is 25.0 Å². The standard InChI is InChI=1S/C30H40ClN3O4Si/c1-21-25(9-8-10-26(21)31)30(18-34(19-30)28(36)38-29(2,3)4)32-23-12-11-22-13-14-33(27(35)24(22)17-23)20-37-15-16-39(5,6)7/h8-14,17,32H,15-16,18-20H2,1-7H3. The van der Waals surface area contributed by atoms with Gasteiger partial charge in [-0.1, -0.05) is 49.4 Å². The van der Waals surface area contributed by atoms with Gasteiger partial charge >= 0.3 is 6.09 Å². The van der Waals surface area contributed by atoms with Crippen LogP contribution in [-0.4, -0.2) is 48.9 Å². The highest BCUT2D eigenvalue weighted by atomic mass is 35.5. The van der Waals surface area contributed by atoms with Crippen molar-refractivity contribution in [2.75, 3.05) is 25.0 Å². The summed E-state index contributed by atoms with van der Waals surface area (Å²) in [6.07, 6.45) is 1.43. The van der Waals surface area contributed by atoms with Gasteiger partial charge in [0.25, 0.3) is 5.56 Å². The lowest BCUT2D eigenvalue weighted by Crippen LogP contribution is -2.65. The molecule has 1 fully saturated rings. The number of carbonyl (C=O) groups is 1. The van der Waals surface area contributed by atoms with Gasteiger partial charge in [-0.25, -0.2) is 4.79 Å². The number of nitrogens with zero attached hydrogens (tertiary/aromatic N) is 2. The normalized spacial score (nSPS) is 15.2. The van der Waals surface area contributed by atoms with Gasteiger partial charge in [0.1, 0.15) is 12.3 Å². The molecule has 0 bridgehead atoms. The maximum atomic E-state index is 13.3. The van der Waals surface area contributed by atoms with Crippen LogP contribution in [0.25, 0.3) is 10.8 Å². The van der Waals surface area contributed by atoms with E-state index in [9.17, 15) is 9.59 Å². The van der Waals surface area contributed by atoms with Crippen LogP contribution in [0, 0.1) is 6.92 Å². The first kappa shape index (κ1) is 29.2. The molecule has 4 rings (SSSR count). The summed E-state index contributed by atoms with van der Waals surface area (Å²) in [5, 5.41) is 5.79. The molecule has 0 atom stereocenters. The van der Waals surface area contributed by atoms with E-state index in [1.165, 1.54) is 0 Å². The number of ether oxygens (including phenoxy) is 2. The van der Waals surface area contributed by atoms with Crippen LogP contribution in [0.4, 0.5) is 10.5 Å². The Morgan fingerprint density at radius 2 is 1.85 bits per heavy atom. The lowest BCUT2D eigenvalue weighted by Gasteiger charge is -2.51. The predicted molar refractivity (Wildman–Crippen MR) is 162 cm³/mol. The minimum Gasteiger partial charge on any atom is -0.444 e. The highest BCUT2D eigenvalue weighted by molar-refractivity contribution is 6.76. The Hall–Kier alpha value is -2.81. The number of likely N-dealkylation sites (tertiary alicyclic amines) is 1. The van der Waals surface area contributed by atoms with Crippen molar-refractivity contribution in [3.05, 3.63) is 75.2 Å². The molecule has 1 saturated heterocycles. The average Bonchev–Trinajstić information content (AvgIpc) is 2.80. The first-order valence-corrected chi connectivity index (χ1v) is 17.5. The van der Waals surface area contributed by atoms with Crippen molar-refractivity contribution in [2.24, 2.45) is 0 Å². The summed E-state index contributed by atoms with van der Waals surface area (Å²) in [6.45, 7) is 16.2. The number of benzene rings is 2. The van der Waals surface area contributed by atoms with Gasteiger partial charge < -0.3 is 19.7 Å². The molecule has 0 saturated carbocycles. The van der Waals surface area contributed by atoms with Gasteiger partial charge in [-0.3, -0.25) is 9.36 Å². The van der Waals surface area contributed by atoms with E-state index in [1.54, 1.807) is 15.7 Å². The number of anilines is 1. The number of amides is 1. The molecule has 3 aromatic rings. The number of fused-ring (bicyclic) bond motifs is 1. The predicted octanol–water partition coefficient (Wildman–Crippen LogP) is 6.83. The first-order valence-electron chi connectivity index (χ1n) is 13.4. The molecule has 0 spiro atoms. The number of halogens is 1. The lowest BCUT2D eigenvalue weighted by molar-refractivity contribution is -0.00490. The van der Waals surface area contributed by atoms with Crippen LogP contribution >= 0.6 is 11.6 Å². The van der Waals surface area contributed by atoms with Gasteiger partial charge in [0.2, 0.25) is 0 Å². The maximum absolute atomic E-state index is 13.3. The third kappa shape index (κ3) is 6.86. The molecule has 210 valence electrons. The number of hydrogen-bond acceptors (Lipinski definition) is 5. The topological polar surface area (TPSA) is 72.8 Å². The molecule has 1 aromatic heterocycles. The molecule has 1 amide bonds. The van der Waals surface area contributed by atoms with Gasteiger partial charge in [-0.15, -0.1) is 0 Å². The van der Waals surface area contributed by atoms with Gasteiger partial charge in [0.15, 0.2) is 0 Å². The summed E-state index contributed by atoms with van der Waals surface area (Å²) < 4.78 is 13.0. The fourth-order valence-corrected chi connectivity index (χ4v) is 5.71. The second-order valence-corrected chi connectivity index (χ2v) is 18.7. The molecule has 2 heterocycles. The summed E-state index contributed by atoms with van der Waals surface area (Å²) in [6, 6.07) is 14.6. The molecular formula is C30H40ClN3O4Si. The van der Waals surface area contributed by atoms with Crippen LogP contribution in [0.2, 0.25) is 30.7 Å². The molecule has 7 nitrogen and oxygen atoms in total. The SMILES string of the molecule is Cc1c(Cl)cccc1C1(Nc2ccc3ccn(COCC[Si](C)(C)C)c(=O)c3c2)CN(C(=O)OC(C)(C)C)C1. The summed E-state index contributed by atoms with van der Waals surface area (Å²) in [7, 11) is -1.20.